The van der Waals surface area contributed by atoms with Gasteiger partial charge in [0.25, 0.3) is 5.91 Å². The Morgan fingerprint density at radius 1 is 1.06 bits per heavy atom. The van der Waals surface area contributed by atoms with Crippen LogP contribution in [0, 0.1) is 29.0 Å². The summed E-state index contributed by atoms with van der Waals surface area (Å²) in [7, 11) is 0. The van der Waals surface area contributed by atoms with Gasteiger partial charge in [-0.05, 0) is 73.8 Å². The van der Waals surface area contributed by atoms with Gasteiger partial charge < -0.3 is 26.0 Å². The summed E-state index contributed by atoms with van der Waals surface area (Å²) >= 11 is 6.26. The van der Waals surface area contributed by atoms with Gasteiger partial charge in [-0.3, -0.25) is 19.2 Å². The fourth-order valence-electron chi connectivity index (χ4n) is 5.41. The lowest BCUT2D eigenvalue weighted by Gasteiger charge is -2.34. The van der Waals surface area contributed by atoms with Gasteiger partial charge in [-0.15, -0.1) is 0 Å². The third kappa shape index (κ3) is 11.8. The van der Waals surface area contributed by atoms with Gasteiger partial charge in [0.15, 0.2) is 0 Å². The first-order valence-corrected chi connectivity index (χ1v) is 16.2. The number of allylic oxidation sites excluding steroid dienone is 1. The highest BCUT2D eigenvalue weighted by atomic mass is 35.5. The molecular weight excluding hydrogens is 625 g/mol. The first-order chi connectivity index (χ1) is 22.4. The molecule has 2 aromatic carbocycles. The number of carbonyl (C=O) groups is 4. The summed E-state index contributed by atoms with van der Waals surface area (Å²) in [6, 6.07) is 12.5. The molecule has 0 radical (unpaired) electrons. The van der Waals surface area contributed by atoms with Gasteiger partial charge in [0.1, 0.15) is 29.5 Å². The second-order valence-electron chi connectivity index (χ2n) is 12.2. The van der Waals surface area contributed by atoms with Gasteiger partial charge in [0.2, 0.25) is 17.7 Å². The number of benzene rings is 2. The molecule has 0 bridgehead atoms. The minimum atomic E-state index is -1.34. The molecule has 0 spiro atoms. The minimum Gasteiger partial charge on any atom is -0.391 e. The fraction of sp³-hybridized carbons (Fsp3) is 0.457. The van der Waals surface area contributed by atoms with E-state index in [1.54, 1.807) is 47.4 Å². The summed E-state index contributed by atoms with van der Waals surface area (Å²) in [4.78, 5) is 54.2. The molecule has 252 valence electrons. The van der Waals surface area contributed by atoms with E-state index >= 15 is 0 Å². The number of piperidine rings is 1. The SMILES string of the molecule is CC(C)C=C(C#N)C(=O)N1CCC(CC(NC(=O)[C@@H](NC(=O)CCc2cccc(F)c2)[C@@H](C)O)C(=O)NCc2ccccc2Cl)CC1. The maximum absolute atomic E-state index is 13.5. The van der Waals surface area contributed by atoms with Gasteiger partial charge in [0, 0.05) is 31.1 Å². The van der Waals surface area contributed by atoms with E-state index in [0.717, 1.165) is 0 Å². The molecule has 2 aromatic rings. The Kier molecular flexibility index (Phi) is 14.4. The van der Waals surface area contributed by atoms with Crippen molar-refractivity contribution in [3.05, 3.63) is 82.1 Å². The molecule has 47 heavy (non-hydrogen) atoms. The molecule has 10 nitrogen and oxygen atoms in total. The van der Waals surface area contributed by atoms with E-state index < -0.39 is 41.7 Å². The molecule has 1 heterocycles. The number of nitriles is 1. The zero-order valence-electron chi connectivity index (χ0n) is 27.0. The number of nitrogens with one attached hydrogen (secondary N) is 3. The van der Waals surface area contributed by atoms with E-state index in [4.69, 9.17) is 11.6 Å². The lowest BCUT2D eigenvalue weighted by atomic mass is 9.89. The highest BCUT2D eigenvalue weighted by Gasteiger charge is 2.33. The highest BCUT2D eigenvalue weighted by Crippen LogP contribution is 2.24. The van der Waals surface area contributed by atoms with Gasteiger partial charge in [-0.2, -0.15) is 5.26 Å². The predicted molar refractivity (Wildman–Crippen MR) is 176 cm³/mol. The second kappa shape index (κ2) is 18.2. The van der Waals surface area contributed by atoms with Crippen molar-refractivity contribution < 1.29 is 28.7 Å². The highest BCUT2D eigenvalue weighted by molar-refractivity contribution is 6.31. The Labute approximate surface area is 280 Å². The monoisotopic (exact) mass is 667 g/mol. The molecule has 12 heteroatoms. The van der Waals surface area contributed by atoms with Crippen LogP contribution in [0.15, 0.2) is 60.2 Å². The van der Waals surface area contributed by atoms with E-state index in [2.05, 4.69) is 16.0 Å². The van der Waals surface area contributed by atoms with Crippen molar-refractivity contribution in [1.82, 2.24) is 20.9 Å². The van der Waals surface area contributed by atoms with Crippen molar-refractivity contribution in [2.45, 2.75) is 77.6 Å². The van der Waals surface area contributed by atoms with Crippen LogP contribution < -0.4 is 16.0 Å². The molecule has 4 amide bonds. The maximum atomic E-state index is 13.5. The van der Waals surface area contributed by atoms with Crippen molar-refractivity contribution in [2.75, 3.05) is 13.1 Å². The summed E-state index contributed by atoms with van der Waals surface area (Å²) in [6.45, 7) is 6.04. The molecule has 3 rings (SSSR count). The van der Waals surface area contributed by atoms with Crippen LogP contribution >= 0.6 is 11.6 Å². The molecule has 1 fully saturated rings. The largest absolute Gasteiger partial charge is 0.391 e. The molecule has 1 saturated heterocycles. The van der Waals surface area contributed by atoms with Gasteiger partial charge in [-0.1, -0.05) is 61.9 Å². The van der Waals surface area contributed by atoms with E-state index in [-0.39, 0.29) is 49.1 Å². The molecule has 1 aliphatic heterocycles. The van der Waals surface area contributed by atoms with Crippen LogP contribution in [0.2, 0.25) is 5.02 Å². The van der Waals surface area contributed by atoms with Gasteiger partial charge in [0.05, 0.1) is 6.10 Å². The van der Waals surface area contributed by atoms with Crippen LogP contribution in [0.5, 0.6) is 0 Å². The fourth-order valence-corrected chi connectivity index (χ4v) is 5.61. The summed E-state index contributed by atoms with van der Waals surface area (Å²) in [5, 5.41) is 28.4. The molecule has 0 aromatic heterocycles. The smallest absolute Gasteiger partial charge is 0.264 e. The zero-order chi connectivity index (χ0) is 34.5. The lowest BCUT2D eigenvalue weighted by molar-refractivity contribution is -0.134. The number of aryl methyl sites for hydroxylation is 1. The number of aliphatic hydroxyl groups excluding tert-OH is 1. The van der Waals surface area contributed by atoms with E-state index in [1.807, 2.05) is 19.9 Å². The van der Waals surface area contributed by atoms with Crippen molar-refractivity contribution in [3.8, 4) is 6.07 Å². The topological polar surface area (TPSA) is 152 Å². The van der Waals surface area contributed by atoms with Crippen LogP contribution in [0.25, 0.3) is 0 Å². The third-order valence-electron chi connectivity index (χ3n) is 7.98. The molecule has 4 N–H and O–H groups in total. The maximum Gasteiger partial charge on any atom is 0.264 e. The summed E-state index contributed by atoms with van der Waals surface area (Å²) in [6.07, 6.45) is 1.90. The summed E-state index contributed by atoms with van der Waals surface area (Å²) < 4.78 is 13.5. The lowest BCUT2D eigenvalue weighted by Crippen LogP contribution is -2.57. The van der Waals surface area contributed by atoms with Gasteiger partial charge in [-0.25, -0.2) is 4.39 Å². The average molecular weight is 668 g/mol. The normalized spacial score (nSPS) is 15.7. The minimum absolute atomic E-state index is 0.0408. The number of amides is 4. The third-order valence-corrected chi connectivity index (χ3v) is 8.35. The standard InChI is InChI=1S/C35H43ClFN5O5/c1-22(2)17-27(20-38)35(47)42-15-13-25(14-16-42)19-30(33(45)39-21-26-8-4-5-10-29(26)36)40-34(46)32(23(3)43)41-31(44)12-11-24-7-6-9-28(37)18-24/h4-10,17-18,22-23,25,30,32,43H,11-16,19,21H2,1-3H3,(H,39,45)(H,40,46)(H,41,44)/t23-,30?,32+/m1/s1. The number of halogens is 2. The van der Waals surface area contributed by atoms with E-state index in [9.17, 15) is 33.9 Å². The average Bonchev–Trinajstić information content (AvgIpc) is 3.04. The molecule has 1 unspecified atom stereocenters. The van der Waals surface area contributed by atoms with Crippen molar-refractivity contribution in [1.29, 1.82) is 5.26 Å². The quantitative estimate of drug-likeness (QED) is 0.178. The van der Waals surface area contributed by atoms with Crippen LogP contribution in [-0.4, -0.2) is 64.9 Å². The van der Waals surface area contributed by atoms with E-state index in [0.29, 0.717) is 42.1 Å². The zero-order valence-corrected chi connectivity index (χ0v) is 27.7. The van der Waals surface area contributed by atoms with Crippen LogP contribution in [0.3, 0.4) is 0 Å². The predicted octanol–water partition coefficient (Wildman–Crippen LogP) is 3.81. The van der Waals surface area contributed by atoms with Crippen LogP contribution in [0.4, 0.5) is 4.39 Å². The molecule has 0 saturated carbocycles. The Morgan fingerprint density at radius 2 is 1.77 bits per heavy atom. The second-order valence-corrected chi connectivity index (χ2v) is 12.6. The Hall–Kier alpha value is -4.27. The molecule has 1 aliphatic rings. The van der Waals surface area contributed by atoms with Crippen LogP contribution in [0.1, 0.15) is 57.6 Å². The first-order valence-electron chi connectivity index (χ1n) is 15.8. The number of aliphatic hydroxyl groups is 1. The number of rotatable bonds is 14. The van der Waals surface area contributed by atoms with Gasteiger partial charge >= 0.3 is 0 Å². The molecule has 0 aliphatic carbocycles. The molecular formula is C35H43ClFN5O5. The van der Waals surface area contributed by atoms with Crippen molar-refractivity contribution in [2.24, 2.45) is 11.8 Å². The number of carbonyl (C=O) groups excluding carboxylic acids is 4. The summed E-state index contributed by atoms with van der Waals surface area (Å²) in [5.41, 5.74) is 1.40. The van der Waals surface area contributed by atoms with Crippen LogP contribution in [-0.2, 0) is 32.1 Å². The number of likely N-dealkylation sites (tertiary alicyclic amines) is 1. The Morgan fingerprint density at radius 3 is 2.38 bits per heavy atom. The molecule has 3 atom stereocenters. The number of hydrogen-bond donors (Lipinski definition) is 4. The van der Waals surface area contributed by atoms with Crippen molar-refractivity contribution >= 4 is 35.2 Å². The van der Waals surface area contributed by atoms with Crippen molar-refractivity contribution in [3.63, 3.8) is 0 Å². The number of nitrogens with zero attached hydrogens (tertiary/aromatic N) is 2. The van der Waals surface area contributed by atoms with E-state index in [1.165, 1.54) is 19.1 Å². The Bertz CT molecular complexity index is 1480. The Balaban J connectivity index is 1.68. The first kappa shape index (κ1) is 37.2. The summed E-state index contributed by atoms with van der Waals surface area (Å²) in [5.74, 6) is -2.46. The number of hydrogen-bond acceptors (Lipinski definition) is 6.